The van der Waals surface area contributed by atoms with Crippen molar-refractivity contribution in [3.8, 4) is 0 Å². The van der Waals surface area contributed by atoms with Crippen molar-refractivity contribution in [2.45, 2.75) is 34.1 Å². The summed E-state index contributed by atoms with van der Waals surface area (Å²) in [4.78, 5) is 25.9. The number of hydrogen-bond donors (Lipinski definition) is 1. The standard InChI is InChI=1S/C20H22Cl2N2O2/c1-12-9-14(3)20(18(22)10-12)23-19(26)7-8-24(15(4)25)16-6-5-13(2)17(21)11-16/h5-6,9-11H,7-8H2,1-4H3,(H,23,26). The van der Waals surface area contributed by atoms with Crippen LogP contribution in [-0.2, 0) is 9.59 Å². The Bertz CT molecular complexity index is 827. The molecule has 0 radical (unpaired) electrons. The van der Waals surface area contributed by atoms with Crippen molar-refractivity contribution in [2.75, 3.05) is 16.8 Å². The Kier molecular flexibility index (Phi) is 6.68. The van der Waals surface area contributed by atoms with Gasteiger partial charge in [-0.05, 0) is 55.7 Å². The second kappa shape index (κ2) is 8.56. The summed E-state index contributed by atoms with van der Waals surface area (Å²) in [6.45, 7) is 7.45. The molecule has 2 aromatic rings. The highest BCUT2D eigenvalue weighted by Crippen LogP contribution is 2.28. The Balaban J connectivity index is 2.08. The lowest BCUT2D eigenvalue weighted by atomic mass is 10.1. The van der Waals surface area contributed by atoms with E-state index in [4.69, 9.17) is 23.2 Å². The van der Waals surface area contributed by atoms with Gasteiger partial charge in [0.15, 0.2) is 0 Å². The van der Waals surface area contributed by atoms with Gasteiger partial charge in [0.1, 0.15) is 0 Å². The minimum Gasteiger partial charge on any atom is -0.324 e. The summed E-state index contributed by atoms with van der Waals surface area (Å²) in [5.41, 5.74) is 4.14. The van der Waals surface area contributed by atoms with Crippen molar-refractivity contribution in [3.63, 3.8) is 0 Å². The van der Waals surface area contributed by atoms with E-state index >= 15 is 0 Å². The van der Waals surface area contributed by atoms with Crippen molar-refractivity contribution in [2.24, 2.45) is 0 Å². The van der Waals surface area contributed by atoms with Gasteiger partial charge in [0.25, 0.3) is 0 Å². The van der Waals surface area contributed by atoms with Gasteiger partial charge in [-0.1, -0.05) is 35.3 Å². The third kappa shape index (κ3) is 4.99. The van der Waals surface area contributed by atoms with Crippen LogP contribution in [-0.4, -0.2) is 18.4 Å². The zero-order valence-corrected chi connectivity index (χ0v) is 16.8. The van der Waals surface area contributed by atoms with Crippen LogP contribution in [0, 0.1) is 20.8 Å². The van der Waals surface area contributed by atoms with E-state index in [2.05, 4.69) is 5.32 Å². The van der Waals surface area contributed by atoms with Gasteiger partial charge in [0.2, 0.25) is 11.8 Å². The molecule has 0 unspecified atom stereocenters. The van der Waals surface area contributed by atoms with Crippen LogP contribution in [0.5, 0.6) is 0 Å². The number of benzene rings is 2. The summed E-state index contributed by atoms with van der Waals surface area (Å²) in [6, 6.07) is 9.17. The van der Waals surface area contributed by atoms with E-state index in [0.29, 0.717) is 21.4 Å². The zero-order valence-electron chi connectivity index (χ0n) is 15.3. The molecule has 1 N–H and O–H groups in total. The molecule has 0 spiro atoms. The zero-order chi connectivity index (χ0) is 19.4. The molecule has 0 saturated heterocycles. The van der Waals surface area contributed by atoms with Crippen molar-refractivity contribution < 1.29 is 9.59 Å². The summed E-state index contributed by atoms with van der Waals surface area (Å²) in [5.74, 6) is -0.356. The second-order valence-corrected chi connectivity index (χ2v) is 7.16. The van der Waals surface area contributed by atoms with Crippen LogP contribution < -0.4 is 10.2 Å². The lowest BCUT2D eigenvalue weighted by Gasteiger charge is -2.22. The number of carbonyl (C=O) groups excluding carboxylic acids is 2. The number of halogens is 2. The van der Waals surface area contributed by atoms with E-state index in [-0.39, 0.29) is 24.8 Å². The highest BCUT2D eigenvalue weighted by atomic mass is 35.5. The van der Waals surface area contributed by atoms with Gasteiger partial charge in [0, 0.05) is 30.6 Å². The maximum absolute atomic E-state index is 12.3. The fourth-order valence-corrected chi connectivity index (χ4v) is 3.25. The van der Waals surface area contributed by atoms with Gasteiger partial charge in [-0.3, -0.25) is 9.59 Å². The largest absolute Gasteiger partial charge is 0.324 e. The lowest BCUT2D eigenvalue weighted by Crippen LogP contribution is -2.32. The predicted molar refractivity (Wildman–Crippen MR) is 108 cm³/mol. The van der Waals surface area contributed by atoms with E-state index in [0.717, 1.165) is 16.7 Å². The smallest absolute Gasteiger partial charge is 0.226 e. The average molecular weight is 393 g/mol. The molecule has 0 atom stereocenters. The molecule has 26 heavy (non-hydrogen) atoms. The number of aryl methyl sites for hydroxylation is 3. The summed E-state index contributed by atoms with van der Waals surface area (Å²) in [7, 11) is 0. The molecule has 4 nitrogen and oxygen atoms in total. The molecule has 6 heteroatoms. The Morgan fingerprint density at radius 3 is 2.27 bits per heavy atom. The van der Waals surface area contributed by atoms with Gasteiger partial charge < -0.3 is 10.2 Å². The van der Waals surface area contributed by atoms with E-state index in [1.165, 1.54) is 11.8 Å². The average Bonchev–Trinajstić information content (AvgIpc) is 2.54. The van der Waals surface area contributed by atoms with Crippen LogP contribution >= 0.6 is 23.2 Å². The molecule has 0 aliphatic rings. The molecule has 0 bridgehead atoms. The molecular formula is C20H22Cl2N2O2. The fraction of sp³-hybridized carbons (Fsp3) is 0.300. The predicted octanol–water partition coefficient (Wildman–Crippen LogP) is 5.30. The first-order chi connectivity index (χ1) is 12.2. The Morgan fingerprint density at radius 2 is 1.69 bits per heavy atom. The van der Waals surface area contributed by atoms with Gasteiger partial charge in [-0.2, -0.15) is 0 Å². The molecule has 0 heterocycles. The third-order valence-corrected chi connectivity index (χ3v) is 4.81. The van der Waals surface area contributed by atoms with E-state index in [1.54, 1.807) is 12.1 Å². The number of rotatable bonds is 5. The van der Waals surface area contributed by atoms with Crippen molar-refractivity contribution >= 4 is 46.4 Å². The number of amides is 2. The first-order valence-corrected chi connectivity index (χ1v) is 9.05. The van der Waals surface area contributed by atoms with Crippen molar-refractivity contribution in [1.82, 2.24) is 0 Å². The monoisotopic (exact) mass is 392 g/mol. The number of nitrogens with one attached hydrogen (secondary N) is 1. The third-order valence-electron chi connectivity index (χ3n) is 4.11. The molecular weight excluding hydrogens is 371 g/mol. The minimum absolute atomic E-state index is 0.148. The van der Waals surface area contributed by atoms with Gasteiger partial charge in [0.05, 0.1) is 10.7 Å². The van der Waals surface area contributed by atoms with Crippen molar-refractivity contribution in [3.05, 3.63) is 57.1 Å². The first-order valence-electron chi connectivity index (χ1n) is 8.30. The normalized spacial score (nSPS) is 10.5. The highest BCUT2D eigenvalue weighted by molar-refractivity contribution is 6.34. The molecule has 0 aliphatic carbocycles. The SMILES string of the molecule is CC(=O)N(CCC(=O)Nc1c(C)cc(C)cc1Cl)c1ccc(C)c(Cl)c1. The summed E-state index contributed by atoms with van der Waals surface area (Å²) >= 11 is 12.4. The van der Waals surface area contributed by atoms with Gasteiger partial charge in [-0.15, -0.1) is 0 Å². The summed E-state index contributed by atoms with van der Waals surface area (Å²) in [6.07, 6.45) is 0.148. The summed E-state index contributed by atoms with van der Waals surface area (Å²) < 4.78 is 0. The van der Waals surface area contributed by atoms with Crippen LogP contribution in [0.4, 0.5) is 11.4 Å². The first kappa shape index (κ1) is 20.3. The Morgan fingerprint density at radius 1 is 1.00 bits per heavy atom. The van der Waals surface area contributed by atoms with E-state index in [9.17, 15) is 9.59 Å². The van der Waals surface area contributed by atoms with E-state index < -0.39 is 0 Å². The second-order valence-electron chi connectivity index (χ2n) is 6.34. The van der Waals surface area contributed by atoms with Gasteiger partial charge >= 0.3 is 0 Å². The molecule has 0 aliphatic heterocycles. The molecule has 2 rings (SSSR count). The topological polar surface area (TPSA) is 49.4 Å². The lowest BCUT2D eigenvalue weighted by molar-refractivity contribution is -0.117. The van der Waals surface area contributed by atoms with Crippen molar-refractivity contribution in [1.29, 1.82) is 0 Å². The number of anilines is 2. The maximum Gasteiger partial charge on any atom is 0.226 e. The minimum atomic E-state index is -0.205. The molecule has 2 amide bonds. The van der Waals surface area contributed by atoms with Gasteiger partial charge in [-0.25, -0.2) is 0 Å². The Labute approximate surface area is 164 Å². The van der Waals surface area contributed by atoms with E-state index in [1.807, 2.05) is 39.0 Å². The van der Waals surface area contributed by atoms with Crippen LogP contribution in [0.2, 0.25) is 10.0 Å². The Hall–Kier alpha value is -2.04. The molecule has 0 saturated carbocycles. The van der Waals surface area contributed by atoms with Crippen LogP contribution in [0.25, 0.3) is 0 Å². The molecule has 0 aromatic heterocycles. The number of nitrogens with zero attached hydrogens (tertiary/aromatic N) is 1. The van der Waals surface area contributed by atoms with Crippen LogP contribution in [0.15, 0.2) is 30.3 Å². The molecule has 138 valence electrons. The quantitative estimate of drug-likeness (QED) is 0.749. The number of carbonyl (C=O) groups is 2. The van der Waals surface area contributed by atoms with Crippen LogP contribution in [0.3, 0.4) is 0 Å². The summed E-state index contributed by atoms with van der Waals surface area (Å²) in [5, 5.41) is 3.92. The maximum atomic E-state index is 12.3. The molecule has 0 fully saturated rings. The molecule has 2 aromatic carbocycles. The number of hydrogen-bond acceptors (Lipinski definition) is 2. The fourth-order valence-electron chi connectivity index (χ4n) is 2.71. The van der Waals surface area contributed by atoms with Crippen LogP contribution in [0.1, 0.15) is 30.0 Å². The highest BCUT2D eigenvalue weighted by Gasteiger charge is 2.16.